The Balaban J connectivity index is 2.09. The number of hydrogen-bond donors (Lipinski definition) is 2. The Kier molecular flexibility index (Phi) is 5.99. The number of aromatic nitrogens is 1. The van der Waals surface area contributed by atoms with Crippen LogP contribution in [0.25, 0.3) is 0 Å². The van der Waals surface area contributed by atoms with Crippen LogP contribution in [-0.4, -0.2) is 35.3 Å². The van der Waals surface area contributed by atoms with E-state index in [4.69, 9.17) is 4.74 Å². The van der Waals surface area contributed by atoms with E-state index in [0.717, 1.165) is 25.7 Å². The van der Waals surface area contributed by atoms with E-state index in [-0.39, 0.29) is 24.5 Å². The Bertz CT molecular complexity index is 465. The summed E-state index contributed by atoms with van der Waals surface area (Å²) in [5, 5.41) is 12.6. The number of carbonyl (C=O) groups excluding carboxylic acids is 1. The van der Waals surface area contributed by atoms with Crippen LogP contribution in [0.3, 0.4) is 0 Å². The summed E-state index contributed by atoms with van der Waals surface area (Å²) in [5.74, 6) is 0.340. The Morgan fingerprint density at radius 3 is 3.00 bits per heavy atom. The van der Waals surface area contributed by atoms with Gasteiger partial charge in [0.1, 0.15) is 5.56 Å². The van der Waals surface area contributed by atoms with Gasteiger partial charge >= 0.3 is 0 Å². The summed E-state index contributed by atoms with van der Waals surface area (Å²) in [6.45, 7) is 2.46. The minimum Gasteiger partial charge on any atom is -0.477 e. The van der Waals surface area contributed by atoms with Crippen LogP contribution >= 0.6 is 0 Å². The summed E-state index contributed by atoms with van der Waals surface area (Å²) >= 11 is 0. The van der Waals surface area contributed by atoms with Crippen molar-refractivity contribution in [3.63, 3.8) is 0 Å². The molecular formula is C16H24N2O3. The summed E-state index contributed by atoms with van der Waals surface area (Å²) < 4.78 is 5.40. The lowest BCUT2D eigenvalue weighted by molar-refractivity contribution is 0.0895. The van der Waals surface area contributed by atoms with Crippen molar-refractivity contribution < 1.29 is 14.6 Å². The van der Waals surface area contributed by atoms with Crippen molar-refractivity contribution in [3.8, 4) is 5.88 Å². The highest BCUT2D eigenvalue weighted by Gasteiger charge is 2.26. The fraction of sp³-hybridized carbons (Fsp3) is 0.625. The van der Waals surface area contributed by atoms with Gasteiger partial charge < -0.3 is 15.2 Å². The highest BCUT2D eigenvalue weighted by atomic mass is 16.5. The lowest BCUT2D eigenvalue weighted by Crippen LogP contribution is -2.41. The SMILES string of the molecule is CCOc1ncccc1C(=O)NC1CCCCCC1CO. The molecule has 1 aromatic heterocycles. The molecule has 1 aromatic rings. The Labute approximate surface area is 125 Å². The molecule has 116 valence electrons. The molecule has 2 atom stereocenters. The first-order chi connectivity index (χ1) is 10.3. The van der Waals surface area contributed by atoms with E-state index in [2.05, 4.69) is 10.3 Å². The lowest BCUT2D eigenvalue weighted by Gasteiger charge is -2.24. The molecule has 2 N–H and O–H groups in total. The fourth-order valence-electron chi connectivity index (χ4n) is 2.85. The van der Waals surface area contributed by atoms with Gasteiger partial charge in [0.05, 0.1) is 6.61 Å². The average molecular weight is 292 g/mol. The quantitative estimate of drug-likeness (QED) is 0.816. The molecular weight excluding hydrogens is 268 g/mol. The molecule has 1 amide bonds. The number of aliphatic hydroxyl groups excluding tert-OH is 1. The largest absolute Gasteiger partial charge is 0.477 e. The number of amides is 1. The molecule has 5 nitrogen and oxygen atoms in total. The van der Waals surface area contributed by atoms with Crippen LogP contribution in [0.2, 0.25) is 0 Å². The number of aliphatic hydroxyl groups is 1. The van der Waals surface area contributed by atoms with Gasteiger partial charge in [-0.15, -0.1) is 0 Å². The van der Waals surface area contributed by atoms with E-state index in [9.17, 15) is 9.90 Å². The Hall–Kier alpha value is -1.62. The van der Waals surface area contributed by atoms with Gasteiger partial charge in [-0.05, 0) is 31.9 Å². The van der Waals surface area contributed by atoms with Gasteiger partial charge in [0.2, 0.25) is 5.88 Å². The first-order valence-corrected chi connectivity index (χ1v) is 7.75. The topological polar surface area (TPSA) is 71.5 Å². The highest BCUT2D eigenvalue weighted by Crippen LogP contribution is 2.24. The number of nitrogens with one attached hydrogen (secondary N) is 1. The maximum atomic E-state index is 12.5. The number of rotatable bonds is 5. The molecule has 0 radical (unpaired) electrons. The normalized spacial score (nSPS) is 22.4. The molecule has 0 aromatic carbocycles. The van der Waals surface area contributed by atoms with Crippen LogP contribution in [0.15, 0.2) is 18.3 Å². The molecule has 0 spiro atoms. The predicted molar refractivity (Wildman–Crippen MR) is 80.3 cm³/mol. The first-order valence-electron chi connectivity index (χ1n) is 7.75. The number of ether oxygens (including phenoxy) is 1. The third-order valence-electron chi connectivity index (χ3n) is 4.01. The number of hydrogen-bond acceptors (Lipinski definition) is 4. The minimum atomic E-state index is -0.170. The first kappa shape index (κ1) is 15.8. The summed E-state index contributed by atoms with van der Waals surface area (Å²) in [6, 6.07) is 3.48. The van der Waals surface area contributed by atoms with Crippen molar-refractivity contribution in [1.82, 2.24) is 10.3 Å². The zero-order valence-electron chi connectivity index (χ0n) is 12.5. The second kappa shape index (κ2) is 7.98. The van der Waals surface area contributed by atoms with Gasteiger partial charge in [0.25, 0.3) is 5.91 Å². The molecule has 5 heteroatoms. The van der Waals surface area contributed by atoms with Crippen molar-refractivity contribution in [2.75, 3.05) is 13.2 Å². The summed E-state index contributed by atoms with van der Waals surface area (Å²) in [6.07, 6.45) is 6.87. The molecule has 2 unspecified atom stereocenters. The second-order valence-corrected chi connectivity index (χ2v) is 5.45. The molecule has 1 aliphatic rings. The number of carbonyl (C=O) groups is 1. The van der Waals surface area contributed by atoms with Crippen LogP contribution in [0.5, 0.6) is 5.88 Å². The molecule has 2 rings (SSSR count). The van der Waals surface area contributed by atoms with Crippen molar-refractivity contribution in [1.29, 1.82) is 0 Å². The maximum absolute atomic E-state index is 12.5. The van der Waals surface area contributed by atoms with Crippen LogP contribution in [0, 0.1) is 5.92 Å². The smallest absolute Gasteiger partial charge is 0.256 e. The number of nitrogens with zero attached hydrogens (tertiary/aromatic N) is 1. The molecule has 21 heavy (non-hydrogen) atoms. The van der Waals surface area contributed by atoms with Crippen LogP contribution in [0.4, 0.5) is 0 Å². The average Bonchev–Trinajstić information content (AvgIpc) is 2.73. The Morgan fingerprint density at radius 2 is 2.24 bits per heavy atom. The molecule has 1 fully saturated rings. The van der Waals surface area contributed by atoms with E-state index >= 15 is 0 Å². The van der Waals surface area contributed by atoms with Gasteiger partial charge in [0.15, 0.2) is 0 Å². The summed E-state index contributed by atoms with van der Waals surface area (Å²) in [5.41, 5.74) is 0.459. The monoisotopic (exact) mass is 292 g/mol. The predicted octanol–water partition coefficient (Wildman–Crippen LogP) is 2.15. The van der Waals surface area contributed by atoms with Crippen LogP contribution in [0.1, 0.15) is 49.4 Å². The standard InChI is InChI=1S/C16H24N2O3/c1-2-21-16-13(8-6-10-17-16)15(20)18-14-9-5-3-4-7-12(14)11-19/h6,8,10,12,14,19H,2-5,7,9,11H2,1H3,(H,18,20). The minimum absolute atomic E-state index is 0.0275. The van der Waals surface area contributed by atoms with Crippen molar-refractivity contribution in [2.24, 2.45) is 5.92 Å². The fourth-order valence-corrected chi connectivity index (χ4v) is 2.85. The lowest BCUT2D eigenvalue weighted by atomic mass is 9.95. The van der Waals surface area contributed by atoms with Crippen molar-refractivity contribution >= 4 is 5.91 Å². The van der Waals surface area contributed by atoms with E-state index < -0.39 is 0 Å². The zero-order valence-corrected chi connectivity index (χ0v) is 12.5. The molecule has 0 aliphatic heterocycles. The molecule has 0 saturated heterocycles. The van der Waals surface area contributed by atoms with Gasteiger partial charge in [-0.2, -0.15) is 0 Å². The Morgan fingerprint density at radius 1 is 1.43 bits per heavy atom. The molecule has 1 heterocycles. The van der Waals surface area contributed by atoms with Gasteiger partial charge in [0, 0.05) is 24.8 Å². The number of pyridine rings is 1. The van der Waals surface area contributed by atoms with Crippen molar-refractivity contribution in [3.05, 3.63) is 23.9 Å². The summed E-state index contributed by atoms with van der Waals surface area (Å²) in [4.78, 5) is 16.6. The summed E-state index contributed by atoms with van der Waals surface area (Å²) in [7, 11) is 0. The van der Waals surface area contributed by atoms with E-state index in [1.807, 2.05) is 6.92 Å². The maximum Gasteiger partial charge on any atom is 0.256 e. The van der Waals surface area contributed by atoms with E-state index in [1.54, 1.807) is 18.3 Å². The zero-order chi connectivity index (χ0) is 15.1. The van der Waals surface area contributed by atoms with Crippen LogP contribution < -0.4 is 10.1 Å². The third-order valence-corrected chi connectivity index (χ3v) is 4.01. The van der Waals surface area contributed by atoms with Crippen molar-refractivity contribution in [2.45, 2.75) is 45.1 Å². The van der Waals surface area contributed by atoms with E-state index in [0.29, 0.717) is 18.1 Å². The van der Waals surface area contributed by atoms with E-state index in [1.165, 1.54) is 6.42 Å². The van der Waals surface area contributed by atoms with Gasteiger partial charge in [-0.3, -0.25) is 4.79 Å². The third kappa shape index (κ3) is 4.17. The molecule has 1 saturated carbocycles. The molecule has 0 bridgehead atoms. The molecule has 1 aliphatic carbocycles. The van der Waals surface area contributed by atoms with Gasteiger partial charge in [-0.1, -0.05) is 19.3 Å². The van der Waals surface area contributed by atoms with Crippen LogP contribution in [-0.2, 0) is 0 Å². The highest BCUT2D eigenvalue weighted by molar-refractivity contribution is 5.96. The van der Waals surface area contributed by atoms with Gasteiger partial charge in [-0.25, -0.2) is 4.98 Å². The second-order valence-electron chi connectivity index (χ2n) is 5.45.